The molecule has 446 valence electrons. The fourth-order valence-corrected chi connectivity index (χ4v) is 9.05. The molecule has 16 nitrogen and oxygen atoms in total. The van der Waals surface area contributed by atoms with Gasteiger partial charge in [0.25, 0.3) is 0 Å². The molecule has 0 heterocycles. The molecule has 0 radical (unpaired) electrons. The fraction of sp³-hybridized carbons (Fsp3) is 0.881. The molecule has 0 aromatic rings. The Morgan fingerprint density at radius 1 is 0.368 bits per heavy atom. The van der Waals surface area contributed by atoms with Crippen molar-refractivity contribution in [2.24, 2.45) is 11.5 Å². The number of amides is 6. The zero-order chi connectivity index (χ0) is 56.5. The second-order valence-electron chi connectivity index (χ2n) is 21.0. The third kappa shape index (κ3) is 51.3. The smallest absolute Gasteiger partial charge is 0.327 e. The van der Waals surface area contributed by atoms with E-state index in [2.05, 4.69) is 65.3 Å². The number of hydrogen-bond donors (Lipinski definition) is 10. The Balaban J connectivity index is 0. The molecule has 0 saturated heterocycles. The third-order valence-corrected chi connectivity index (χ3v) is 14.0. The van der Waals surface area contributed by atoms with Gasteiger partial charge in [0, 0.05) is 38.1 Å². The Bertz CT molecular complexity index is 1430. The second kappa shape index (κ2) is 57.7. The summed E-state index contributed by atoms with van der Waals surface area (Å²) in [6, 6.07) is -2.74. The molecule has 76 heavy (non-hydrogen) atoms. The molecule has 0 bridgehead atoms. The van der Waals surface area contributed by atoms with E-state index < -0.39 is 35.9 Å². The first-order chi connectivity index (χ1) is 36.9. The van der Waals surface area contributed by atoms with Gasteiger partial charge in [-0.2, -0.15) is 12.6 Å². The van der Waals surface area contributed by atoms with Crippen LogP contribution in [0.25, 0.3) is 0 Å². The van der Waals surface area contributed by atoms with E-state index in [9.17, 15) is 33.6 Å². The molecule has 3 atom stereocenters. The number of hydrogen-bond acceptors (Lipinski definition) is 10. The van der Waals surface area contributed by atoms with E-state index in [1.54, 1.807) is 0 Å². The van der Waals surface area contributed by atoms with Crippen LogP contribution >= 0.6 is 12.6 Å². The monoisotopic (exact) mass is 1100 g/mol. The van der Waals surface area contributed by atoms with Crippen molar-refractivity contribution in [3.8, 4) is 0 Å². The van der Waals surface area contributed by atoms with Crippen molar-refractivity contribution >= 4 is 54.0 Å². The molecule has 0 spiro atoms. The van der Waals surface area contributed by atoms with Crippen molar-refractivity contribution in [1.82, 2.24) is 31.9 Å². The van der Waals surface area contributed by atoms with Gasteiger partial charge in [-0.15, -0.1) is 0 Å². The average molecular weight is 1100 g/mol. The summed E-state index contributed by atoms with van der Waals surface area (Å²) < 4.78 is 0. The molecule has 0 aliphatic carbocycles. The highest BCUT2D eigenvalue weighted by molar-refractivity contribution is 7.80. The number of carboxylic acids is 1. The number of carboxylic acid groups (broad SMARTS) is 1. The van der Waals surface area contributed by atoms with Crippen molar-refractivity contribution in [2.75, 3.05) is 38.5 Å². The van der Waals surface area contributed by atoms with Crippen molar-refractivity contribution in [1.29, 1.82) is 0 Å². The lowest BCUT2D eigenvalue weighted by atomic mass is 10.0. The summed E-state index contributed by atoms with van der Waals surface area (Å²) in [4.78, 5) is 88.7. The van der Waals surface area contributed by atoms with Crippen LogP contribution in [0.4, 0.5) is 0 Å². The van der Waals surface area contributed by atoms with Crippen molar-refractivity contribution in [3.63, 3.8) is 0 Å². The Morgan fingerprint density at radius 3 is 1.09 bits per heavy atom. The summed E-state index contributed by atoms with van der Waals surface area (Å²) in [5.41, 5.74) is 10.8. The Labute approximate surface area is 468 Å². The van der Waals surface area contributed by atoms with E-state index in [0.717, 1.165) is 51.5 Å². The molecule has 0 fully saturated rings. The third-order valence-electron chi connectivity index (χ3n) is 13.7. The summed E-state index contributed by atoms with van der Waals surface area (Å²) in [6.45, 7) is 8.33. The first kappa shape index (κ1) is 74.6. The average Bonchev–Trinajstić information content (AvgIpc) is 3.40. The Morgan fingerprint density at radius 2 is 0.697 bits per heavy atom. The van der Waals surface area contributed by atoms with Crippen LogP contribution in [0, 0.1) is 0 Å². The number of rotatable bonds is 54. The maximum atomic E-state index is 13.5. The topological polar surface area (TPSA) is 264 Å². The lowest BCUT2D eigenvalue weighted by molar-refractivity contribution is -0.141. The number of nitrogens with one attached hydrogen (secondary N) is 6. The molecule has 0 saturated carbocycles. The molecule has 6 amide bonds. The van der Waals surface area contributed by atoms with E-state index in [-0.39, 0.29) is 42.3 Å². The number of carbonyl (C=O) groups excluding carboxylic acids is 6. The number of thiol groups is 1. The number of unbranched alkanes of at least 4 members (excludes halogenated alkanes) is 29. The van der Waals surface area contributed by atoms with Crippen LogP contribution in [0.5, 0.6) is 0 Å². The Hall–Kier alpha value is -3.44. The number of carbonyl (C=O) groups is 7. The van der Waals surface area contributed by atoms with Crippen molar-refractivity contribution in [2.45, 2.75) is 296 Å². The van der Waals surface area contributed by atoms with Gasteiger partial charge in [-0.3, -0.25) is 28.8 Å². The zero-order valence-electron chi connectivity index (χ0n) is 48.7. The summed E-state index contributed by atoms with van der Waals surface area (Å²) in [5, 5.41) is 25.7. The minimum atomic E-state index is -1.14. The number of nitrogens with two attached hydrogens (primary N) is 2. The molecule has 0 aromatic carbocycles. The molecule has 11 N–H and O–H groups in total. The normalized spacial score (nSPS) is 12.1. The zero-order valence-corrected chi connectivity index (χ0v) is 49.6. The van der Waals surface area contributed by atoms with Crippen LogP contribution in [0.3, 0.4) is 0 Å². The predicted molar refractivity (Wildman–Crippen MR) is 316 cm³/mol. The van der Waals surface area contributed by atoms with Gasteiger partial charge in [-0.05, 0) is 83.7 Å². The highest BCUT2D eigenvalue weighted by atomic mass is 32.1. The molecule has 0 aromatic heterocycles. The van der Waals surface area contributed by atoms with E-state index >= 15 is 0 Å². The van der Waals surface area contributed by atoms with Crippen LogP contribution in [0.2, 0.25) is 0 Å². The molecule has 3 unspecified atom stereocenters. The van der Waals surface area contributed by atoms with E-state index in [1.807, 2.05) is 0 Å². The second-order valence-corrected chi connectivity index (χ2v) is 21.3. The van der Waals surface area contributed by atoms with E-state index in [1.165, 1.54) is 135 Å². The standard InChI is InChI=1S/C55H105N7O8S.C4H11N/c1-3-5-7-9-11-13-15-17-19-21-23-25-28-38-49(63)57-42-35-32-37-47(60-50(64)39-29-26-24-22-20-18-16-14-12-10-8-6-4-2)54(68)59-44-52(66)61-46(36-31-33-41-56)53(67)58-43-34-27-30-40-51(65)62-48(45-71)55(69)70;1-2-3-4-5/h46-48,71H,3-45,56H2,1-2H3,(H,57,63)(H,58,67)(H,59,68)(H,60,64)(H,61,66)(H,62,65)(H,69,70);2-5H2,1H3. The molecule has 17 heteroatoms. The van der Waals surface area contributed by atoms with Crippen LogP contribution < -0.4 is 43.4 Å². The quantitative estimate of drug-likeness (QED) is 0.0203. The van der Waals surface area contributed by atoms with Gasteiger partial charge in [0.15, 0.2) is 0 Å². The highest BCUT2D eigenvalue weighted by Crippen LogP contribution is 2.15. The lowest BCUT2D eigenvalue weighted by Crippen LogP contribution is -2.52. The van der Waals surface area contributed by atoms with Gasteiger partial charge < -0.3 is 48.5 Å². The fourth-order valence-electron chi connectivity index (χ4n) is 8.81. The summed E-state index contributed by atoms with van der Waals surface area (Å²) in [6.07, 6.45) is 40.2. The van der Waals surface area contributed by atoms with Crippen LogP contribution in [0.15, 0.2) is 0 Å². The SMILES string of the molecule is CCCCCCCCCCCCCCCC(=O)NCCCCC(NC(=O)CCCCCCCCCCCCCCC)C(=O)NCC(=O)NC(CCCCN)C(=O)NCCCCCC(=O)NC(CS)C(=O)O.CCCCN. The van der Waals surface area contributed by atoms with Crippen molar-refractivity contribution in [3.05, 3.63) is 0 Å². The largest absolute Gasteiger partial charge is 0.480 e. The maximum absolute atomic E-state index is 13.5. The number of aliphatic carboxylic acids is 1. The van der Waals surface area contributed by atoms with Crippen LogP contribution in [0.1, 0.15) is 278 Å². The molecule has 0 rings (SSSR count). The van der Waals surface area contributed by atoms with Crippen LogP contribution in [-0.4, -0.2) is 103 Å². The lowest BCUT2D eigenvalue weighted by Gasteiger charge is -2.21. The first-order valence-electron chi connectivity index (χ1n) is 30.8. The summed E-state index contributed by atoms with van der Waals surface area (Å²) in [5.74, 6) is -3.09. The highest BCUT2D eigenvalue weighted by Gasteiger charge is 2.24. The molecular formula is C59H116N8O8S. The van der Waals surface area contributed by atoms with Gasteiger partial charge in [-0.25, -0.2) is 4.79 Å². The predicted octanol–water partition coefficient (Wildman–Crippen LogP) is 10.4. The summed E-state index contributed by atoms with van der Waals surface area (Å²) in [7, 11) is 0. The van der Waals surface area contributed by atoms with Crippen LogP contribution in [-0.2, 0) is 33.6 Å². The maximum Gasteiger partial charge on any atom is 0.327 e. The Kier molecular flexibility index (Phi) is 56.7. The molecule has 0 aliphatic rings. The van der Waals surface area contributed by atoms with Gasteiger partial charge in [0.05, 0.1) is 6.54 Å². The first-order valence-corrected chi connectivity index (χ1v) is 31.5. The van der Waals surface area contributed by atoms with Gasteiger partial charge in [-0.1, -0.05) is 188 Å². The van der Waals surface area contributed by atoms with E-state index in [0.29, 0.717) is 90.3 Å². The molecular weight excluding hydrogens is 981 g/mol. The minimum Gasteiger partial charge on any atom is -0.480 e. The van der Waals surface area contributed by atoms with Gasteiger partial charge in [0.2, 0.25) is 35.4 Å². The van der Waals surface area contributed by atoms with E-state index in [4.69, 9.17) is 16.6 Å². The van der Waals surface area contributed by atoms with Crippen molar-refractivity contribution < 1.29 is 38.7 Å². The summed E-state index contributed by atoms with van der Waals surface area (Å²) >= 11 is 3.95. The molecule has 0 aliphatic heterocycles. The van der Waals surface area contributed by atoms with Gasteiger partial charge in [0.1, 0.15) is 18.1 Å². The van der Waals surface area contributed by atoms with Gasteiger partial charge >= 0.3 is 5.97 Å². The minimum absolute atomic E-state index is 0.0105.